The van der Waals surface area contributed by atoms with Crippen LogP contribution in [-0.4, -0.2) is 9.97 Å². The predicted molar refractivity (Wildman–Crippen MR) is 76.9 cm³/mol. The molecule has 0 bridgehead atoms. The summed E-state index contributed by atoms with van der Waals surface area (Å²) in [6, 6.07) is 0. The molecule has 104 valence electrons. The highest BCUT2D eigenvalue weighted by Gasteiger charge is 2.26. The number of hydrogen-bond donors (Lipinski definition) is 1. The van der Waals surface area contributed by atoms with Crippen LogP contribution >= 0.6 is 0 Å². The van der Waals surface area contributed by atoms with Crippen LogP contribution < -0.4 is 5.32 Å². The lowest BCUT2D eigenvalue weighted by Gasteiger charge is -2.27. The van der Waals surface area contributed by atoms with Crippen LogP contribution in [0.1, 0.15) is 74.1 Å². The van der Waals surface area contributed by atoms with Gasteiger partial charge in [-0.2, -0.15) is 0 Å². The third-order valence-electron chi connectivity index (χ3n) is 4.82. The molecule has 0 spiro atoms. The van der Waals surface area contributed by atoms with Gasteiger partial charge in [0, 0.05) is 30.3 Å². The summed E-state index contributed by atoms with van der Waals surface area (Å²) >= 11 is 0. The number of nitrogens with zero attached hydrogens (tertiary/aromatic N) is 2. The third-order valence-corrected chi connectivity index (χ3v) is 4.82. The third kappa shape index (κ3) is 2.66. The zero-order chi connectivity index (χ0) is 13.2. The van der Waals surface area contributed by atoms with E-state index in [2.05, 4.69) is 19.2 Å². The van der Waals surface area contributed by atoms with E-state index < -0.39 is 0 Å². The topological polar surface area (TPSA) is 37.8 Å². The Kier molecular flexibility index (Phi) is 3.83. The minimum atomic E-state index is 0.609. The highest BCUT2D eigenvalue weighted by atomic mass is 15.0. The molecule has 2 heterocycles. The molecule has 0 aromatic carbocycles. The van der Waals surface area contributed by atoms with Crippen molar-refractivity contribution in [2.24, 2.45) is 5.92 Å². The Morgan fingerprint density at radius 3 is 2.63 bits per heavy atom. The fourth-order valence-corrected chi connectivity index (χ4v) is 3.66. The summed E-state index contributed by atoms with van der Waals surface area (Å²) in [7, 11) is 0. The maximum atomic E-state index is 4.84. The summed E-state index contributed by atoms with van der Waals surface area (Å²) < 4.78 is 0. The van der Waals surface area contributed by atoms with Crippen molar-refractivity contribution in [3.63, 3.8) is 0 Å². The van der Waals surface area contributed by atoms with Gasteiger partial charge in [0.15, 0.2) is 0 Å². The molecule has 0 saturated heterocycles. The van der Waals surface area contributed by atoms with Crippen molar-refractivity contribution in [3.05, 3.63) is 22.8 Å². The van der Waals surface area contributed by atoms with Gasteiger partial charge < -0.3 is 5.32 Å². The molecule has 1 saturated carbocycles. The molecule has 1 N–H and O–H groups in total. The van der Waals surface area contributed by atoms with Crippen LogP contribution in [0, 0.1) is 12.8 Å². The van der Waals surface area contributed by atoms with Crippen LogP contribution in [0.5, 0.6) is 0 Å². The molecule has 1 fully saturated rings. The predicted octanol–water partition coefficient (Wildman–Crippen LogP) is 3.46. The Balaban J connectivity index is 1.72. The Morgan fingerprint density at radius 1 is 1.11 bits per heavy atom. The van der Waals surface area contributed by atoms with E-state index in [1.165, 1.54) is 55.5 Å². The summed E-state index contributed by atoms with van der Waals surface area (Å²) in [4.78, 5) is 9.62. The Hall–Kier alpha value is -0.960. The molecule has 1 aliphatic heterocycles. The summed E-state index contributed by atoms with van der Waals surface area (Å²) in [6.45, 7) is 6.31. The van der Waals surface area contributed by atoms with Gasteiger partial charge in [-0.3, -0.25) is 0 Å². The van der Waals surface area contributed by atoms with Crippen LogP contribution in [-0.2, 0) is 13.1 Å². The molecular weight excluding hydrogens is 234 g/mol. The summed E-state index contributed by atoms with van der Waals surface area (Å²) in [5.74, 6) is 2.69. The van der Waals surface area contributed by atoms with Gasteiger partial charge in [0.05, 0.1) is 5.69 Å². The molecule has 0 unspecified atom stereocenters. The van der Waals surface area contributed by atoms with Crippen molar-refractivity contribution < 1.29 is 0 Å². The van der Waals surface area contributed by atoms with E-state index in [-0.39, 0.29) is 0 Å². The van der Waals surface area contributed by atoms with Gasteiger partial charge in [-0.15, -0.1) is 0 Å². The number of nitrogens with one attached hydrogen (secondary N) is 1. The molecule has 3 rings (SSSR count). The molecule has 1 aromatic rings. The van der Waals surface area contributed by atoms with Crippen molar-refractivity contribution in [1.82, 2.24) is 15.3 Å². The molecule has 19 heavy (non-hydrogen) atoms. The van der Waals surface area contributed by atoms with E-state index in [4.69, 9.17) is 9.97 Å². The fraction of sp³-hybridized carbons (Fsp3) is 0.750. The first-order valence-electron chi connectivity index (χ1n) is 7.85. The summed E-state index contributed by atoms with van der Waals surface area (Å²) in [5.41, 5.74) is 3.78. The van der Waals surface area contributed by atoms with E-state index in [0.29, 0.717) is 5.92 Å². The molecule has 1 aromatic heterocycles. The second kappa shape index (κ2) is 5.58. The number of rotatable bonds is 3. The van der Waals surface area contributed by atoms with E-state index in [0.717, 1.165) is 24.8 Å². The summed E-state index contributed by atoms with van der Waals surface area (Å²) in [5, 5.41) is 3.38. The number of aromatic nitrogens is 2. The van der Waals surface area contributed by atoms with Crippen LogP contribution in [0.25, 0.3) is 0 Å². The molecule has 2 aliphatic rings. The van der Waals surface area contributed by atoms with Crippen LogP contribution in [0.15, 0.2) is 0 Å². The van der Waals surface area contributed by atoms with Gasteiger partial charge in [-0.1, -0.05) is 19.8 Å². The van der Waals surface area contributed by atoms with E-state index in [1.807, 2.05) is 0 Å². The molecule has 1 aliphatic carbocycles. The Morgan fingerprint density at radius 2 is 1.89 bits per heavy atom. The number of hydrogen-bond acceptors (Lipinski definition) is 3. The molecule has 3 heteroatoms. The quantitative estimate of drug-likeness (QED) is 0.903. The lowest BCUT2D eigenvalue weighted by molar-refractivity contribution is 0.302. The minimum Gasteiger partial charge on any atom is -0.307 e. The largest absolute Gasteiger partial charge is 0.307 e. The van der Waals surface area contributed by atoms with Crippen LogP contribution in [0.3, 0.4) is 0 Å². The van der Waals surface area contributed by atoms with Crippen molar-refractivity contribution in [2.75, 3.05) is 0 Å². The molecule has 0 atom stereocenters. The normalized spacial score (nSPS) is 26.4. The average Bonchev–Trinajstić information content (AvgIpc) is 2.89. The van der Waals surface area contributed by atoms with Crippen molar-refractivity contribution >= 4 is 0 Å². The van der Waals surface area contributed by atoms with Crippen LogP contribution in [0.4, 0.5) is 0 Å². The van der Waals surface area contributed by atoms with Crippen LogP contribution in [0.2, 0.25) is 0 Å². The van der Waals surface area contributed by atoms with Crippen molar-refractivity contribution in [3.8, 4) is 0 Å². The van der Waals surface area contributed by atoms with E-state index in [9.17, 15) is 0 Å². The smallest absolute Gasteiger partial charge is 0.132 e. The highest BCUT2D eigenvalue weighted by molar-refractivity contribution is 5.29. The second-order valence-corrected chi connectivity index (χ2v) is 6.20. The number of fused-ring (bicyclic) bond motifs is 1. The zero-order valence-corrected chi connectivity index (χ0v) is 12.2. The first kappa shape index (κ1) is 13.0. The highest BCUT2D eigenvalue weighted by Crippen LogP contribution is 2.36. The second-order valence-electron chi connectivity index (χ2n) is 6.20. The average molecular weight is 259 g/mol. The van der Waals surface area contributed by atoms with Crippen molar-refractivity contribution in [1.29, 1.82) is 0 Å². The number of aryl methyl sites for hydroxylation is 1. The standard InChI is InChI=1S/C16H25N3/c1-3-4-12-5-7-13(8-6-12)16-18-11(2)14-9-17-10-15(14)19-16/h12-13,17H,3-10H2,1-2H3. The van der Waals surface area contributed by atoms with Gasteiger partial charge in [-0.05, 0) is 38.5 Å². The fourth-order valence-electron chi connectivity index (χ4n) is 3.66. The van der Waals surface area contributed by atoms with Gasteiger partial charge >= 0.3 is 0 Å². The SMILES string of the molecule is CCCC1CCC(c2nc(C)c3c(n2)CNC3)CC1. The first-order valence-corrected chi connectivity index (χ1v) is 7.85. The Labute approximate surface area is 116 Å². The molecule has 3 nitrogen and oxygen atoms in total. The zero-order valence-electron chi connectivity index (χ0n) is 12.2. The maximum Gasteiger partial charge on any atom is 0.132 e. The lowest BCUT2D eigenvalue weighted by Crippen LogP contribution is -2.16. The van der Waals surface area contributed by atoms with Gasteiger partial charge in [-0.25, -0.2) is 9.97 Å². The van der Waals surface area contributed by atoms with E-state index in [1.54, 1.807) is 0 Å². The molecule has 0 radical (unpaired) electrons. The molecule has 0 amide bonds. The lowest BCUT2D eigenvalue weighted by atomic mass is 9.79. The molecular formula is C16H25N3. The van der Waals surface area contributed by atoms with Crippen molar-refractivity contribution in [2.45, 2.75) is 71.4 Å². The van der Waals surface area contributed by atoms with E-state index >= 15 is 0 Å². The van der Waals surface area contributed by atoms with Gasteiger partial charge in [0.25, 0.3) is 0 Å². The minimum absolute atomic E-state index is 0.609. The maximum absolute atomic E-state index is 4.84. The van der Waals surface area contributed by atoms with Gasteiger partial charge in [0.2, 0.25) is 0 Å². The summed E-state index contributed by atoms with van der Waals surface area (Å²) in [6.07, 6.45) is 8.05. The van der Waals surface area contributed by atoms with Gasteiger partial charge in [0.1, 0.15) is 5.82 Å². The Bertz CT molecular complexity index is 448. The monoisotopic (exact) mass is 259 g/mol. The first-order chi connectivity index (χ1) is 9.28.